The molecule has 2 rings (SSSR count). The van der Waals surface area contributed by atoms with Gasteiger partial charge >= 0.3 is 0 Å². The normalized spacial score (nSPS) is 18.2. The molecule has 0 aromatic heterocycles. The van der Waals surface area contributed by atoms with E-state index in [1.54, 1.807) is 12.1 Å². The van der Waals surface area contributed by atoms with Gasteiger partial charge in [-0.25, -0.2) is 0 Å². The number of hydrogen-bond acceptors (Lipinski definition) is 3. The second-order valence-corrected chi connectivity index (χ2v) is 5.11. The zero-order chi connectivity index (χ0) is 12.0. The predicted molar refractivity (Wildman–Crippen MR) is 62.3 cm³/mol. The van der Waals surface area contributed by atoms with Crippen molar-refractivity contribution in [1.29, 1.82) is 0 Å². The number of benzene rings is 1. The summed E-state index contributed by atoms with van der Waals surface area (Å²) in [6.45, 7) is 3.97. The van der Waals surface area contributed by atoms with Gasteiger partial charge in [0.05, 0.1) is 4.92 Å². The zero-order valence-corrected chi connectivity index (χ0v) is 9.56. The van der Waals surface area contributed by atoms with Crippen molar-refractivity contribution < 1.29 is 4.92 Å². The van der Waals surface area contributed by atoms with E-state index in [0.29, 0.717) is 0 Å². The number of nitro benzene ring substituents is 1. The van der Waals surface area contributed by atoms with Crippen LogP contribution < -0.4 is 5.73 Å². The van der Waals surface area contributed by atoms with Crippen LogP contribution in [-0.4, -0.2) is 10.5 Å². The lowest BCUT2D eigenvalue weighted by Crippen LogP contribution is -2.45. The van der Waals surface area contributed by atoms with Crippen LogP contribution >= 0.6 is 0 Å². The van der Waals surface area contributed by atoms with E-state index in [2.05, 4.69) is 0 Å². The molecule has 0 saturated heterocycles. The number of rotatable bonds is 3. The molecule has 0 radical (unpaired) electrons. The maximum atomic E-state index is 10.7. The summed E-state index contributed by atoms with van der Waals surface area (Å²) in [5.74, 6) is 0. The monoisotopic (exact) mass is 220 g/mol. The summed E-state index contributed by atoms with van der Waals surface area (Å²) in [5, 5.41) is 10.7. The Morgan fingerprint density at radius 3 is 2.50 bits per heavy atom. The minimum absolute atomic E-state index is 0.0704. The molecule has 2 N–H and O–H groups in total. The van der Waals surface area contributed by atoms with Crippen molar-refractivity contribution >= 4 is 5.69 Å². The molecule has 0 unspecified atom stereocenters. The van der Waals surface area contributed by atoms with Crippen molar-refractivity contribution in [1.82, 2.24) is 0 Å². The maximum Gasteiger partial charge on any atom is 0.269 e. The number of nitro groups is 1. The van der Waals surface area contributed by atoms with Crippen LogP contribution in [0.1, 0.15) is 32.3 Å². The van der Waals surface area contributed by atoms with Crippen molar-refractivity contribution in [2.24, 2.45) is 5.73 Å². The Bertz CT molecular complexity index is 431. The molecule has 1 fully saturated rings. The first kappa shape index (κ1) is 11.1. The van der Waals surface area contributed by atoms with Crippen LogP contribution in [0.25, 0.3) is 0 Å². The van der Waals surface area contributed by atoms with Gasteiger partial charge in [0, 0.05) is 23.1 Å². The minimum atomic E-state index is -0.358. The van der Waals surface area contributed by atoms with Crippen LogP contribution in [0.5, 0.6) is 0 Å². The Kier molecular flexibility index (Phi) is 2.27. The summed E-state index contributed by atoms with van der Waals surface area (Å²) in [6.07, 6.45) is 2.02. The Labute approximate surface area is 94.6 Å². The molecule has 1 aromatic rings. The highest BCUT2D eigenvalue weighted by molar-refractivity contribution is 5.43. The number of hydrogen-bond donors (Lipinski definition) is 1. The fourth-order valence-corrected chi connectivity index (χ4v) is 2.35. The van der Waals surface area contributed by atoms with Crippen molar-refractivity contribution in [3.8, 4) is 0 Å². The van der Waals surface area contributed by atoms with Gasteiger partial charge in [-0.3, -0.25) is 10.1 Å². The molecule has 1 saturated carbocycles. The highest BCUT2D eigenvalue weighted by Gasteiger charge is 2.53. The summed E-state index contributed by atoms with van der Waals surface area (Å²) < 4.78 is 0. The summed E-state index contributed by atoms with van der Waals surface area (Å²) in [5.41, 5.74) is 6.90. The summed E-state index contributed by atoms with van der Waals surface area (Å²) in [4.78, 5) is 10.4. The van der Waals surface area contributed by atoms with Gasteiger partial charge in [0.1, 0.15) is 0 Å². The lowest BCUT2D eigenvalue weighted by atomic mass is 9.79. The van der Waals surface area contributed by atoms with Crippen molar-refractivity contribution in [3.05, 3.63) is 39.9 Å². The van der Waals surface area contributed by atoms with Gasteiger partial charge in [0.15, 0.2) is 0 Å². The van der Waals surface area contributed by atoms with E-state index >= 15 is 0 Å². The fourth-order valence-electron chi connectivity index (χ4n) is 2.35. The van der Waals surface area contributed by atoms with Crippen LogP contribution in [-0.2, 0) is 5.41 Å². The van der Waals surface area contributed by atoms with E-state index in [0.717, 1.165) is 18.4 Å². The predicted octanol–water partition coefficient (Wildman–Crippen LogP) is 2.36. The van der Waals surface area contributed by atoms with Crippen LogP contribution in [0, 0.1) is 10.1 Å². The molecule has 1 aromatic carbocycles. The standard InChI is InChI=1S/C12H16N2O2/c1-11(2,13)12(6-7-12)9-4-3-5-10(8-9)14(15)16/h3-5,8H,6-7,13H2,1-2H3. The van der Waals surface area contributed by atoms with Gasteiger partial charge in [-0.1, -0.05) is 12.1 Å². The molecular weight excluding hydrogens is 204 g/mol. The second-order valence-electron chi connectivity index (χ2n) is 5.11. The quantitative estimate of drug-likeness (QED) is 0.628. The van der Waals surface area contributed by atoms with Crippen LogP contribution in [0.3, 0.4) is 0 Å². The van der Waals surface area contributed by atoms with Gasteiger partial charge < -0.3 is 5.73 Å². The smallest absolute Gasteiger partial charge is 0.269 e. The fraction of sp³-hybridized carbons (Fsp3) is 0.500. The van der Waals surface area contributed by atoms with E-state index < -0.39 is 0 Å². The molecule has 0 atom stereocenters. The van der Waals surface area contributed by atoms with Crippen molar-refractivity contribution in [3.63, 3.8) is 0 Å². The highest BCUT2D eigenvalue weighted by atomic mass is 16.6. The molecule has 0 spiro atoms. The molecule has 16 heavy (non-hydrogen) atoms. The SMILES string of the molecule is CC(C)(N)C1(c2cccc([N+](=O)[O-])c2)CC1. The summed E-state index contributed by atoms with van der Waals surface area (Å²) >= 11 is 0. The Hall–Kier alpha value is -1.42. The highest BCUT2D eigenvalue weighted by Crippen LogP contribution is 2.55. The molecule has 1 aliphatic rings. The van der Waals surface area contributed by atoms with Gasteiger partial charge in [0.2, 0.25) is 0 Å². The molecule has 1 aliphatic carbocycles. The molecule has 0 amide bonds. The number of nitrogens with zero attached hydrogens (tertiary/aromatic N) is 1. The molecular formula is C12H16N2O2. The van der Waals surface area contributed by atoms with Gasteiger partial charge in [-0.15, -0.1) is 0 Å². The third kappa shape index (κ3) is 1.59. The van der Waals surface area contributed by atoms with E-state index in [-0.39, 0.29) is 21.6 Å². The second kappa shape index (κ2) is 3.28. The van der Waals surface area contributed by atoms with E-state index in [1.165, 1.54) is 6.07 Å². The largest absolute Gasteiger partial charge is 0.325 e. The van der Waals surface area contributed by atoms with E-state index in [1.807, 2.05) is 19.9 Å². The summed E-state index contributed by atoms with van der Waals surface area (Å²) in [6, 6.07) is 6.85. The van der Waals surface area contributed by atoms with E-state index in [9.17, 15) is 10.1 Å². The lowest BCUT2D eigenvalue weighted by Gasteiger charge is -2.31. The van der Waals surface area contributed by atoms with Crippen LogP contribution in [0.4, 0.5) is 5.69 Å². The molecule has 86 valence electrons. The lowest BCUT2D eigenvalue weighted by molar-refractivity contribution is -0.384. The molecule has 4 heteroatoms. The van der Waals surface area contributed by atoms with Crippen molar-refractivity contribution in [2.45, 2.75) is 37.6 Å². The maximum absolute atomic E-state index is 10.7. The molecule has 0 bridgehead atoms. The van der Waals surface area contributed by atoms with Crippen molar-refractivity contribution in [2.75, 3.05) is 0 Å². The Morgan fingerprint density at radius 1 is 1.44 bits per heavy atom. The molecule has 4 nitrogen and oxygen atoms in total. The van der Waals surface area contributed by atoms with Crippen LogP contribution in [0.15, 0.2) is 24.3 Å². The summed E-state index contributed by atoms with van der Waals surface area (Å²) in [7, 11) is 0. The topological polar surface area (TPSA) is 69.2 Å². The minimum Gasteiger partial charge on any atom is -0.325 e. The first-order valence-electron chi connectivity index (χ1n) is 5.41. The number of non-ortho nitro benzene ring substituents is 1. The van der Waals surface area contributed by atoms with Gasteiger partial charge in [-0.2, -0.15) is 0 Å². The Balaban J connectivity index is 2.42. The van der Waals surface area contributed by atoms with Crippen LogP contribution in [0.2, 0.25) is 0 Å². The third-order valence-electron chi connectivity index (χ3n) is 3.59. The van der Waals surface area contributed by atoms with Gasteiger partial charge in [0.25, 0.3) is 5.69 Å². The average Bonchev–Trinajstić information content (AvgIpc) is 2.97. The van der Waals surface area contributed by atoms with Gasteiger partial charge in [-0.05, 0) is 32.3 Å². The van der Waals surface area contributed by atoms with E-state index in [4.69, 9.17) is 5.73 Å². The molecule has 0 heterocycles. The average molecular weight is 220 g/mol. The number of nitrogens with two attached hydrogens (primary N) is 1. The Morgan fingerprint density at radius 2 is 2.06 bits per heavy atom. The first-order valence-corrected chi connectivity index (χ1v) is 5.41. The zero-order valence-electron chi connectivity index (χ0n) is 9.56. The first-order chi connectivity index (χ1) is 7.37. The third-order valence-corrected chi connectivity index (χ3v) is 3.59. The molecule has 0 aliphatic heterocycles.